The third kappa shape index (κ3) is 6.42. The molecule has 1 atom stereocenters. The first-order valence-corrected chi connectivity index (χ1v) is 8.78. The van der Waals surface area contributed by atoms with Gasteiger partial charge in [-0.1, -0.05) is 35.9 Å². The highest BCUT2D eigenvalue weighted by Gasteiger charge is 2.31. The second-order valence-corrected chi connectivity index (χ2v) is 6.72. The molecule has 1 aliphatic rings. The molecular formula is C19H22Cl3F3N2O. The summed E-state index contributed by atoms with van der Waals surface area (Å²) in [5.41, 5.74) is 2.91. The molecular weight excluding hydrogens is 436 g/mol. The molecule has 3 rings (SSSR count). The van der Waals surface area contributed by atoms with Crippen LogP contribution in [0.1, 0.15) is 22.7 Å². The van der Waals surface area contributed by atoms with Crippen molar-refractivity contribution in [3.8, 4) is 5.75 Å². The van der Waals surface area contributed by atoms with Crippen LogP contribution < -0.4 is 10.1 Å². The summed E-state index contributed by atoms with van der Waals surface area (Å²) >= 11 is 6.31. The molecule has 9 heteroatoms. The highest BCUT2D eigenvalue weighted by Crippen LogP contribution is 2.33. The van der Waals surface area contributed by atoms with Crippen molar-refractivity contribution >= 4 is 36.4 Å². The van der Waals surface area contributed by atoms with E-state index >= 15 is 0 Å². The summed E-state index contributed by atoms with van der Waals surface area (Å²) in [5.74, 6) is -0.220. The second kappa shape index (κ2) is 10.6. The number of nitrogens with zero attached hydrogens (tertiary/aromatic N) is 1. The van der Waals surface area contributed by atoms with Gasteiger partial charge in [0.15, 0.2) is 0 Å². The number of hydrogen-bond acceptors (Lipinski definition) is 3. The fourth-order valence-corrected chi connectivity index (χ4v) is 3.37. The topological polar surface area (TPSA) is 24.5 Å². The van der Waals surface area contributed by atoms with Crippen molar-refractivity contribution in [2.75, 3.05) is 26.2 Å². The van der Waals surface area contributed by atoms with E-state index in [1.54, 1.807) is 12.1 Å². The molecule has 0 radical (unpaired) electrons. The van der Waals surface area contributed by atoms with Crippen molar-refractivity contribution in [3.05, 3.63) is 64.2 Å². The van der Waals surface area contributed by atoms with Crippen LogP contribution in [-0.4, -0.2) is 37.4 Å². The number of nitrogens with one attached hydrogen (secondary N) is 1. The quantitative estimate of drug-likeness (QED) is 0.667. The minimum absolute atomic E-state index is 0. The Labute approximate surface area is 180 Å². The molecule has 0 aromatic heterocycles. The summed E-state index contributed by atoms with van der Waals surface area (Å²) in [5, 5.41) is 4.00. The fourth-order valence-electron chi connectivity index (χ4n) is 3.19. The smallest absolute Gasteiger partial charge is 0.406 e. The van der Waals surface area contributed by atoms with Gasteiger partial charge in [-0.15, -0.1) is 38.0 Å². The molecule has 156 valence electrons. The average molecular weight is 458 g/mol. The van der Waals surface area contributed by atoms with Gasteiger partial charge in [0.05, 0.1) is 6.04 Å². The molecule has 3 nitrogen and oxygen atoms in total. The Morgan fingerprint density at radius 1 is 1.00 bits per heavy atom. The third-order valence-electron chi connectivity index (χ3n) is 4.46. The van der Waals surface area contributed by atoms with Crippen molar-refractivity contribution in [2.24, 2.45) is 0 Å². The molecule has 2 aromatic rings. The Hall–Kier alpha value is -1.18. The molecule has 1 heterocycles. The summed E-state index contributed by atoms with van der Waals surface area (Å²) < 4.78 is 41.1. The number of hydrogen-bond donors (Lipinski definition) is 1. The molecule has 2 aromatic carbocycles. The van der Waals surface area contributed by atoms with Crippen LogP contribution in [0.15, 0.2) is 42.5 Å². The maximum atomic E-state index is 12.4. The standard InChI is InChI=1S/C19H20ClF3N2O.2ClH/c1-13-2-3-15(12-17(13)20)18(25-10-8-24-9-11-25)14-4-6-16(7-5-14)26-19(21,22)23;;/h2-7,12,18,24H,8-11H2,1H3;2*1H/t18-;;/m1../s1. The highest BCUT2D eigenvalue weighted by molar-refractivity contribution is 6.31. The Kier molecular flexibility index (Phi) is 9.37. The van der Waals surface area contributed by atoms with E-state index in [0.717, 1.165) is 42.9 Å². The normalized spacial score (nSPS) is 15.9. The van der Waals surface area contributed by atoms with E-state index in [1.165, 1.54) is 12.1 Å². The Bertz CT molecular complexity index is 751. The van der Waals surface area contributed by atoms with Crippen molar-refractivity contribution < 1.29 is 17.9 Å². The monoisotopic (exact) mass is 456 g/mol. The van der Waals surface area contributed by atoms with Crippen molar-refractivity contribution in [1.82, 2.24) is 10.2 Å². The van der Waals surface area contributed by atoms with Crippen LogP contribution in [0.2, 0.25) is 5.02 Å². The minimum Gasteiger partial charge on any atom is -0.406 e. The van der Waals surface area contributed by atoms with Gasteiger partial charge < -0.3 is 10.1 Å². The van der Waals surface area contributed by atoms with E-state index in [1.807, 2.05) is 25.1 Å². The van der Waals surface area contributed by atoms with Crippen LogP contribution >= 0.6 is 36.4 Å². The van der Waals surface area contributed by atoms with Gasteiger partial charge in [-0.05, 0) is 41.8 Å². The van der Waals surface area contributed by atoms with Gasteiger partial charge >= 0.3 is 6.36 Å². The molecule has 0 unspecified atom stereocenters. The number of halogens is 6. The van der Waals surface area contributed by atoms with Crippen molar-refractivity contribution in [2.45, 2.75) is 19.3 Å². The first kappa shape index (κ1) is 24.9. The Balaban J connectivity index is 0.00000196. The second-order valence-electron chi connectivity index (χ2n) is 6.31. The molecule has 28 heavy (non-hydrogen) atoms. The lowest BCUT2D eigenvalue weighted by molar-refractivity contribution is -0.274. The number of alkyl halides is 3. The summed E-state index contributed by atoms with van der Waals surface area (Å²) in [6.07, 6.45) is -4.69. The lowest BCUT2D eigenvalue weighted by Gasteiger charge is -2.35. The van der Waals surface area contributed by atoms with E-state index < -0.39 is 6.36 Å². The summed E-state index contributed by atoms with van der Waals surface area (Å²) in [7, 11) is 0. The Morgan fingerprint density at radius 2 is 1.57 bits per heavy atom. The van der Waals surface area contributed by atoms with E-state index in [-0.39, 0.29) is 36.6 Å². The van der Waals surface area contributed by atoms with E-state index in [9.17, 15) is 13.2 Å². The number of aryl methyl sites for hydroxylation is 1. The molecule has 0 spiro atoms. The largest absolute Gasteiger partial charge is 0.573 e. The van der Waals surface area contributed by atoms with Gasteiger partial charge in [-0.25, -0.2) is 0 Å². The van der Waals surface area contributed by atoms with Crippen LogP contribution in [0.3, 0.4) is 0 Å². The molecule has 1 fully saturated rings. The molecule has 0 saturated carbocycles. The lowest BCUT2D eigenvalue weighted by atomic mass is 9.95. The third-order valence-corrected chi connectivity index (χ3v) is 4.86. The van der Waals surface area contributed by atoms with Gasteiger partial charge in [0.25, 0.3) is 0 Å². The van der Waals surface area contributed by atoms with Crippen molar-refractivity contribution in [3.63, 3.8) is 0 Å². The van der Waals surface area contributed by atoms with Gasteiger partial charge in [-0.3, -0.25) is 4.90 Å². The van der Waals surface area contributed by atoms with Gasteiger partial charge in [-0.2, -0.15) is 0 Å². The molecule has 0 bridgehead atoms. The maximum Gasteiger partial charge on any atom is 0.573 e. The number of ether oxygens (including phenoxy) is 1. The van der Waals surface area contributed by atoms with Crippen LogP contribution in [0, 0.1) is 6.92 Å². The van der Waals surface area contributed by atoms with Crippen LogP contribution in [-0.2, 0) is 0 Å². The predicted octanol–water partition coefficient (Wildman–Crippen LogP) is 5.39. The molecule has 1 aliphatic heterocycles. The predicted molar refractivity (Wildman–Crippen MR) is 110 cm³/mol. The maximum absolute atomic E-state index is 12.4. The summed E-state index contributed by atoms with van der Waals surface area (Å²) in [6, 6.07) is 11.9. The zero-order valence-electron chi connectivity index (χ0n) is 15.1. The number of rotatable bonds is 4. The summed E-state index contributed by atoms with van der Waals surface area (Å²) in [6.45, 7) is 5.36. The Morgan fingerprint density at radius 3 is 2.11 bits per heavy atom. The van der Waals surface area contributed by atoms with Gasteiger partial charge in [0.2, 0.25) is 0 Å². The van der Waals surface area contributed by atoms with Crippen LogP contribution in [0.25, 0.3) is 0 Å². The van der Waals surface area contributed by atoms with Gasteiger partial charge in [0.1, 0.15) is 5.75 Å². The molecule has 1 saturated heterocycles. The molecule has 0 aliphatic carbocycles. The van der Waals surface area contributed by atoms with Gasteiger partial charge in [0, 0.05) is 31.2 Å². The van der Waals surface area contributed by atoms with Crippen LogP contribution in [0.4, 0.5) is 13.2 Å². The van der Waals surface area contributed by atoms with E-state index in [2.05, 4.69) is 15.0 Å². The SMILES string of the molecule is Cc1ccc([C@@H](c2ccc(OC(F)(F)F)cc2)N2CCNCC2)cc1Cl.Cl.Cl. The number of piperazine rings is 1. The van der Waals surface area contributed by atoms with E-state index in [4.69, 9.17) is 11.6 Å². The fraction of sp³-hybridized carbons (Fsp3) is 0.368. The van der Waals surface area contributed by atoms with Crippen molar-refractivity contribution in [1.29, 1.82) is 0 Å². The summed E-state index contributed by atoms with van der Waals surface area (Å²) in [4.78, 5) is 2.30. The average Bonchev–Trinajstić information content (AvgIpc) is 2.59. The molecule has 1 N–H and O–H groups in total. The zero-order valence-corrected chi connectivity index (χ0v) is 17.5. The van der Waals surface area contributed by atoms with Crippen LogP contribution in [0.5, 0.6) is 5.75 Å². The first-order chi connectivity index (χ1) is 12.3. The lowest BCUT2D eigenvalue weighted by Crippen LogP contribution is -2.45. The van der Waals surface area contributed by atoms with E-state index in [0.29, 0.717) is 5.02 Å². The first-order valence-electron chi connectivity index (χ1n) is 8.40. The zero-order chi connectivity index (χ0) is 18.7. The molecule has 0 amide bonds. The minimum atomic E-state index is -4.69. The highest BCUT2D eigenvalue weighted by atomic mass is 35.5. The number of benzene rings is 2.